The molecule has 0 aromatic carbocycles. The van der Waals surface area contributed by atoms with Crippen molar-refractivity contribution in [3.05, 3.63) is 26.6 Å². The fourth-order valence-corrected chi connectivity index (χ4v) is 3.78. The standard InChI is InChI=1S/C14H21N3O2S.C9H14IN3S.CH4/c1-6-19-12(18)8-7-11-10(4)16-14(20-5)17-13(11)15-9(2)3;1-5(2)11-8-7(10)6(3)12-9(13-8)14-4;/h7-9H,6H2,1-5H3,(H,15,16,17);5H,1-4H3,(H,11,12,13);1H4/b8-7+;;. The molecule has 2 heterocycles. The van der Waals surface area contributed by atoms with E-state index in [0.29, 0.717) is 17.8 Å². The van der Waals surface area contributed by atoms with Crippen LogP contribution in [0.2, 0.25) is 0 Å². The molecule has 196 valence electrons. The number of esters is 1. The zero-order chi connectivity index (χ0) is 25.8. The predicted molar refractivity (Wildman–Crippen MR) is 160 cm³/mol. The molecule has 35 heavy (non-hydrogen) atoms. The molecule has 11 heteroatoms. The van der Waals surface area contributed by atoms with Gasteiger partial charge >= 0.3 is 5.97 Å². The number of nitrogens with zero attached hydrogens (tertiary/aromatic N) is 4. The van der Waals surface area contributed by atoms with Gasteiger partial charge in [-0.25, -0.2) is 24.7 Å². The van der Waals surface area contributed by atoms with Gasteiger partial charge in [-0.05, 0) is 89.6 Å². The summed E-state index contributed by atoms with van der Waals surface area (Å²) in [7, 11) is 0. The van der Waals surface area contributed by atoms with Gasteiger partial charge in [0.15, 0.2) is 10.3 Å². The van der Waals surface area contributed by atoms with Crippen LogP contribution in [-0.4, -0.2) is 57.1 Å². The Morgan fingerprint density at radius 3 is 1.91 bits per heavy atom. The van der Waals surface area contributed by atoms with Crippen molar-refractivity contribution in [2.24, 2.45) is 0 Å². The first-order chi connectivity index (χ1) is 16.0. The molecule has 0 spiro atoms. The van der Waals surface area contributed by atoms with Crippen LogP contribution in [0.1, 0.15) is 59.0 Å². The summed E-state index contributed by atoms with van der Waals surface area (Å²) in [6, 6.07) is 0.640. The zero-order valence-corrected chi connectivity index (χ0v) is 25.1. The Balaban J connectivity index is 0.000000680. The number of hydrogen-bond acceptors (Lipinski definition) is 10. The van der Waals surface area contributed by atoms with Crippen LogP contribution in [0.15, 0.2) is 16.4 Å². The van der Waals surface area contributed by atoms with Crippen LogP contribution >= 0.6 is 46.1 Å². The van der Waals surface area contributed by atoms with Crippen molar-refractivity contribution < 1.29 is 9.53 Å². The Bertz CT molecular complexity index is 987. The summed E-state index contributed by atoms with van der Waals surface area (Å²) >= 11 is 5.33. The highest BCUT2D eigenvalue weighted by Crippen LogP contribution is 2.23. The van der Waals surface area contributed by atoms with Gasteiger partial charge < -0.3 is 15.4 Å². The molecule has 0 radical (unpaired) electrons. The second kappa shape index (κ2) is 17.0. The molecule has 8 nitrogen and oxygen atoms in total. The summed E-state index contributed by atoms with van der Waals surface area (Å²) in [6.45, 7) is 14.3. The number of anilines is 2. The van der Waals surface area contributed by atoms with Crippen LogP contribution in [0.4, 0.5) is 11.6 Å². The maximum atomic E-state index is 11.4. The van der Waals surface area contributed by atoms with Crippen LogP contribution in [0.5, 0.6) is 0 Å². The number of nitrogens with one attached hydrogen (secondary N) is 2. The number of carbonyl (C=O) groups is 1. The molecule has 2 rings (SSSR count). The molecule has 0 amide bonds. The first-order valence-electron chi connectivity index (χ1n) is 10.9. The molecule has 2 aromatic rings. The van der Waals surface area contributed by atoms with Gasteiger partial charge in [-0.15, -0.1) is 0 Å². The van der Waals surface area contributed by atoms with E-state index in [4.69, 9.17) is 4.74 Å². The van der Waals surface area contributed by atoms with Crippen molar-refractivity contribution in [3.8, 4) is 0 Å². The molecule has 0 atom stereocenters. The highest BCUT2D eigenvalue weighted by atomic mass is 127. The maximum absolute atomic E-state index is 11.4. The first kappa shape index (κ1) is 33.4. The van der Waals surface area contributed by atoms with Gasteiger partial charge in [-0.2, -0.15) is 0 Å². The molecular weight excluding hydrogens is 595 g/mol. The maximum Gasteiger partial charge on any atom is 0.330 e. The highest BCUT2D eigenvalue weighted by molar-refractivity contribution is 14.1. The quantitative estimate of drug-likeness (QED) is 0.105. The van der Waals surface area contributed by atoms with Crippen LogP contribution in [-0.2, 0) is 9.53 Å². The molecule has 0 saturated heterocycles. The van der Waals surface area contributed by atoms with E-state index in [1.807, 2.05) is 40.2 Å². The summed E-state index contributed by atoms with van der Waals surface area (Å²) in [6.07, 6.45) is 7.02. The predicted octanol–water partition coefficient (Wildman–Crippen LogP) is 6.47. The molecule has 2 aromatic heterocycles. The average Bonchev–Trinajstić information content (AvgIpc) is 2.75. The van der Waals surface area contributed by atoms with E-state index >= 15 is 0 Å². The Morgan fingerprint density at radius 1 is 0.943 bits per heavy atom. The van der Waals surface area contributed by atoms with Gasteiger partial charge in [-0.1, -0.05) is 31.0 Å². The summed E-state index contributed by atoms with van der Waals surface area (Å²) in [5.41, 5.74) is 2.67. The van der Waals surface area contributed by atoms with Crippen LogP contribution in [0.3, 0.4) is 0 Å². The molecule has 0 aliphatic rings. The van der Waals surface area contributed by atoms with Gasteiger partial charge in [0.05, 0.1) is 21.6 Å². The molecule has 0 aliphatic carbocycles. The second-order valence-corrected chi connectivity index (χ2v) is 10.3. The second-order valence-electron chi connectivity index (χ2n) is 7.70. The van der Waals surface area contributed by atoms with Gasteiger partial charge in [0, 0.05) is 23.7 Å². The third kappa shape index (κ3) is 11.8. The number of rotatable bonds is 9. The lowest BCUT2D eigenvalue weighted by atomic mass is 10.2. The summed E-state index contributed by atoms with van der Waals surface area (Å²) in [5.74, 6) is 1.31. The highest BCUT2D eigenvalue weighted by Gasteiger charge is 2.11. The molecule has 0 aliphatic heterocycles. The Kier molecular flexibility index (Phi) is 16.2. The van der Waals surface area contributed by atoms with E-state index in [2.05, 4.69) is 67.0 Å². The molecular formula is C24H39IN6O2S2. The minimum Gasteiger partial charge on any atom is -0.463 e. The summed E-state index contributed by atoms with van der Waals surface area (Å²) < 4.78 is 5.98. The topological polar surface area (TPSA) is 102 Å². The lowest BCUT2D eigenvalue weighted by Gasteiger charge is -2.14. The Morgan fingerprint density at radius 2 is 1.43 bits per heavy atom. The fourth-order valence-electron chi connectivity index (χ4n) is 2.57. The molecule has 0 fully saturated rings. The summed E-state index contributed by atoms with van der Waals surface area (Å²) in [4.78, 5) is 29.0. The van der Waals surface area contributed by atoms with E-state index < -0.39 is 0 Å². The SMILES string of the molecule is C.CCOC(=O)/C=C/c1c(C)nc(SC)nc1NC(C)C.CSc1nc(C)c(I)c(NC(C)C)n1. The lowest BCUT2D eigenvalue weighted by molar-refractivity contribution is -0.137. The van der Waals surface area contributed by atoms with E-state index in [1.165, 1.54) is 17.8 Å². The monoisotopic (exact) mass is 634 g/mol. The van der Waals surface area contributed by atoms with E-state index in [9.17, 15) is 4.79 Å². The van der Waals surface area contributed by atoms with Crippen molar-refractivity contribution in [3.63, 3.8) is 0 Å². The largest absolute Gasteiger partial charge is 0.463 e. The van der Waals surface area contributed by atoms with Crippen molar-refractivity contribution in [1.29, 1.82) is 0 Å². The van der Waals surface area contributed by atoms with E-state index in [-0.39, 0.29) is 19.4 Å². The van der Waals surface area contributed by atoms with Gasteiger partial charge in [0.25, 0.3) is 0 Å². The van der Waals surface area contributed by atoms with Gasteiger partial charge in [0.1, 0.15) is 11.6 Å². The van der Waals surface area contributed by atoms with Crippen molar-refractivity contribution >= 4 is 69.8 Å². The van der Waals surface area contributed by atoms with Gasteiger partial charge in [0.2, 0.25) is 0 Å². The number of aromatic nitrogens is 4. The Labute approximate surface area is 232 Å². The van der Waals surface area contributed by atoms with Crippen molar-refractivity contribution in [2.45, 2.75) is 78.3 Å². The van der Waals surface area contributed by atoms with Gasteiger partial charge in [-0.3, -0.25) is 0 Å². The number of carbonyl (C=O) groups excluding carboxylic acids is 1. The first-order valence-corrected chi connectivity index (χ1v) is 14.4. The molecule has 0 saturated carbocycles. The lowest BCUT2D eigenvalue weighted by Crippen LogP contribution is -2.14. The molecule has 2 N–H and O–H groups in total. The van der Waals surface area contributed by atoms with Crippen LogP contribution in [0.25, 0.3) is 6.08 Å². The number of hydrogen-bond donors (Lipinski definition) is 2. The van der Waals surface area contributed by atoms with E-state index in [1.54, 1.807) is 24.8 Å². The van der Waals surface area contributed by atoms with Crippen LogP contribution < -0.4 is 10.6 Å². The summed E-state index contributed by atoms with van der Waals surface area (Å²) in [5, 5.41) is 8.13. The molecule has 0 bridgehead atoms. The van der Waals surface area contributed by atoms with Crippen molar-refractivity contribution in [1.82, 2.24) is 19.9 Å². The number of thioether (sulfide) groups is 2. The normalized spacial score (nSPS) is 10.6. The molecule has 0 unspecified atom stereocenters. The number of halogens is 1. The average molecular weight is 635 g/mol. The Hall–Kier alpha value is -1.60. The zero-order valence-electron chi connectivity index (χ0n) is 21.3. The number of ether oxygens (including phenoxy) is 1. The number of aryl methyl sites for hydroxylation is 2. The van der Waals surface area contributed by atoms with Crippen LogP contribution in [0, 0.1) is 17.4 Å². The third-order valence-corrected chi connectivity index (χ3v) is 6.39. The smallest absolute Gasteiger partial charge is 0.330 e. The third-order valence-electron chi connectivity index (χ3n) is 4.00. The van der Waals surface area contributed by atoms with E-state index in [0.717, 1.165) is 37.3 Å². The van der Waals surface area contributed by atoms with Crippen molar-refractivity contribution in [2.75, 3.05) is 29.8 Å². The minimum absolute atomic E-state index is 0. The fraction of sp³-hybridized carbons (Fsp3) is 0.542. The minimum atomic E-state index is -0.365.